The van der Waals surface area contributed by atoms with Crippen LogP contribution in [0.5, 0.6) is 0 Å². The second kappa shape index (κ2) is 6.64. The highest BCUT2D eigenvalue weighted by molar-refractivity contribution is 7.09. The molecular formula is C15H21N3O3S. The first-order chi connectivity index (χ1) is 10.7. The summed E-state index contributed by atoms with van der Waals surface area (Å²) in [6, 6.07) is 0.199. The number of aromatic nitrogens is 1. The van der Waals surface area contributed by atoms with Crippen molar-refractivity contribution in [2.45, 2.75) is 38.6 Å². The molecule has 0 spiro atoms. The maximum absolute atomic E-state index is 12.5. The number of carbonyl (C=O) groups excluding carboxylic acids is 2. The Hall–Kier alpha value is -1.63. The van der Waals surface area contributed by atoms with Gasteiger partial charge in [0.1, 0.15) is 12.3 Å². The number of aryl methyl sites for hydroxylation is 1. The molecule has 2 fully saturated rings. The average molecular weight is 323 g/mol. The summed E-state index contributed by atoms with van der Waals surface area (Å²) in [5.41, 5.74) is 0.562. The number of hydrogen-bond acceptors (Lipinski definition) is 5. The molecule has 2 aliphatic heterocycles. The van der Waals surface area contributed by atoms with Crippen molar-refractivity contribution in [1.82, 2.24) is 14.8 Å². The van der Waals surface area contributed by atoms with Crippen LogP contribution >= 0.6 is 11.3 Å². The van der Waals surface area contributed by atoms with Crippen molar-refractivity contribution in [3.8, 4) is 0 Å². The van der Waals surface area contributed by atoms with Crippen molar-refractivity contribution >= 4 is 23.3 Å². The molecule has 2 amide bonds. The molecule has 0 atom stereocenters. The Balaban J connectivity index is 1.56. The van der Waals surface area contributed by atoms with Crippen LogP contribution in [-0.4, -0.2) is 59.1 Å². The normalized spacial score (nSPS) is 19.6. The average Bonchev–Trinajstić information content (AvgIpc) is 3.16. The zero-order chi connectivity index (χ0) is 15.5. The molecule has 3 heterocycles. The SMILES string of the molecule is CCCc1nc(C(=O)N2CCC(N3CCOC3=O)CC2)cs1. The van der Waals surface area contributed by atoms with Crippen LogP contribution in [0, 0.1) is 0 Å². The van der Waals surface area contributed by atoms with Crippen LogP contribution < -0.4 is 0 Å². The third-order valence-corrected chi connectivity index (χ3v) is 5.13. The van der Waals surface area contributed by atoms with Gasteiger partial charge in [0.05, 0.1) is 11.6 Å². The minimum absolute atomic E-state index is 0.0149. The molecule has 0 radical (unpaired) electrons. The van der Waals surface area contributed by atoms with E-state index in [0.29, 0.717) is 31.9 Å². The lowest BCUT2D eigenvalue weighted by Gasteiger charge is -2.35. The summed E-state index contributed by atoms with van der Waals surface area (Å²) in [6.07, 6.45) is 3.38. The van der Waals surface area contributed by atoms with Crippen molar-refractivity contribution in [2.75, 3.05) is 26.2 Å². The van der Waals surface area contributed by atoms with E-state index in [1.165, 1.54) is 0 Å². The smallest absolute Gasteiger partial charge is 0.410 e. The van der Waals surface area contributed by atoms with E-state index in [4.69, 9.17) is 4.74 Å². The molecule has 7 heteroatoms. The van der Waals surface area contributed by atoms with E-state index in [2.05, 4.69) is 11.9 Å². The van der Waals surface area contributed by atoms with Crippen LogP contribution in [-0.2, 0) is 11.2 Å². The molecule has 0 aliphatic carbocycles. The van der Waals surface area contributed by atoms with Crippen LogP contribution in [0.15, 0.2) is 5.38 Å². The van der Waals surface area contributed by atoms with Crippen molar-refractivity contribution < 1.29 is 14.3 Å². The van der Waals surface area contributed by atoms with Crippen molar-refractivity contribution in [2.24, 2.45) is 0 Å². The second-order valence-electron chi connectivity index (χ2n) is 5.71. The Kier molecular flexibility index (Phi) is 4.61. The van der Waals surface area contributed by atoms with Gasteiger partial charge >= 0.3 is 6.09 Å². The van der Waals surface area contributed by atoms with E-state index in [1.54, 1.807) is 16.2 Å². The Morgan fingerprint density at radius 3 is 2.82 bits per heavy atom. The third kappa shape index (κ3) is 3.09. The van der Waals surface area contributed by atoms with Gasteiger partial charge in [0.25, 0.3) is 5.91 Å². The van der Waals surface area contributed by atoms with E-state index in [9.17, 15) is 9.59 Å². The van der Waals surface area contributed by atoms with Gasteiger partial charge in [0, 0.05) is 24.5 Å². The Morgan fingerprint density at radius 2 is 2.18 bits per heavy atom. The fourth-order valence-corrected chi connectivity index (χ4v) is 3.89. The number of thiazole rings is 1. The molecule has 22 heavy (non-hydrogen) atoms. The summed E-state index contributed by atoms with van der Waals surface area (Å²) in [5.74, 6) is 0.0149. The number of rotatable bonds is 4. The quantitative estimate of drug-likeness (QED) is 0.852. The van der Waals surface area contributed by atoms with Gasteiger partial charge in [-0.25, -0.2) is 9.78 Å². The highest BCUT2D eigenvalue weighted by atomic mass is 32.1. The largest absolute Gasteiger partial charge is 0.448 e. The van der Waals surface area contributed by atoms with Gasteiger partial charge in [0.2, 0.25) is 0 Å². The van der Waals surface area contributed by atoms with Gasteiger partial charge in [-0.2, -0.15) is 0 Å². The third-order valence-electron chi connectivity index (χ3n) is 4.22. The number of cyclic esters (lactones) is 1. The van der Waals surface area contributed by atoms with Crippen molar-refractivity contribution in [3.05, 3.63) is 16.1 Å². The Labute approximate surface area is 134 Å². The molecule has 0 unspecified atom stereocenters. The van der Waals surface area contributed by atoms with Gasteiger partial charge in [-0.15, -0.1) is 11.3 Å². The summed E-state index contributed by atoms with van der Waals surface area (Å²) >= 11 is 1.56. The lowest BCUT2D eigenvalue weighted by atomic mass is 10.0. The van der Waals surface area contributed by atoms with Crippen molar-refractivity contribution in [1.29, 1.82) is 0 Å². The van der Waals surface area contributed by atoms with Gasteiger partial charge in [-0.05, 0) is 25.7 Å². The lowest BCUT2D eigenvalue weighted by molar-refractivity contribution is 0.0653. The minimum atomic E-state index is -0.214. The zero-order valence-corrected chi connectivity index (χ0v) is 13.6. The van der Waals surface area contributed by atoms with Crippen LogP contribution in [0.25, 0.3) is 0 Å². The molecule has 1 aromatic heterocycles. The first-order valence-corrected chi connectivity index (χ1v) is 8.74. The van der Waals surface area contributed by atoms with Gasteiger partial charge in [-0.1, -0.05) is 6.92 Å². The van der Waals surface area contributed by atoms with Crippen LogP contribution in [0.4, 0.5) is 4.79 Å². The molecule has 2 aliphatic rings. The summed E-state index contributed by atoms with van der Waals surface area (Å²) < 4.78 is 4.99. The minimum Gasteiger partial charge on any atom is -0.448 e. The molecule has 2 saturated heterocycles. The predicted molar refractivity (Wildman–Crippen MR) is 83.1 cm³/mol. The molecule has 3 rings (SSSR count). The topological polar surface area (TPSA) is 62.7 Å². The van der Waals surface area contributed by atoms with Crippen LogP contribution in [0.1, 0.15) is 41.7 Å². The maximum atomic E-state index is 12.5. The highest BCUT2D eigenvalue weighted by Gasteiger charge is 2.33. The summed E-state index contributed by atoms with van der Waals surface area (Å²) in [6.45, 7) is 4.61. The fourth-order valence-electron chi connectivity index (χ4n) is 3.02. The number of carbonyl (C=O) groups is 2. The number of piperidine rings is 1. The van der Waals surface area contributed by atoms with E-state index >= 15 is 0 Å². The van der Waals surface area contributed by atoms with Crippen LogP contribution in [0.3, 0.4) is 0 Å². The predicted octanol–water partition coefficient (Wildman–Crippen LogP) is 2.15. The molecule has 0 saturated carbocycles. The fraction of sp³-hybridized carbons (Fsp3) is 0.667. The van der Waals surface area contributed by atoms with E-state index < -0.39 is 0 Å². The van der Waals surface area contributed by atoms with Gasteiger partial charge < -0.3 is 14.5 Å². The van der Waals surface area contributed by atoms with Crippen molar-refractivity contribution in [3.63, 3.8) is 0 Å². The molecule has 1 aromatic rings. The standard InChI is InChI=1S/C15H21N3O3S/c1-2-3-13-16-12(10-22-13)14(19)17-6-4-11(5-7-17)18-8-9-21-15(18)20/h10-11H,2-9H2,1H3. The van der Waals surface area contributed by atoms with Gasteiger partial charge in [0.15, 0.2) is 0 Å². The first kappa shape index (κ1) is 15.3. The Bertz CT molecular complexity index is 552. The van der Waals surface area contributed by atoms with E-state index in [0.717, 1.165) is 30.7 Å². The monoisotopic (exact) mass is 323 g/mol. The summed E-state index contributed by atoms with van der Waals surface area (Å²) in [4.78, 5) is 32.1. The summed E-state index contributed by atoms with van der Waals surface area (Å²) in [5, 5.41) is 2.89. The number of hydrogen-bond donors (Lipinski definition) is 0. The van der Waals surface area contributed by atoms with Crippen LogP contribution in [0.2, 0.25) is 0 Å². The van der Waals surface area contributed by atoms with Gasteiger partial charge in [-0.3, -0.25) is 4.79 Å². The number of ether oxygens (including phenoxy) is 1. The molecule has 0 bridgehead atoms. The lowest BCUT2D eigenvalue weighted by Crippen LogP contribution is -2.47. The molecule has 6 nitrogen and oxygen atoms in total. The molecule has 0 aromatic carbocycles. The number of likely N-dealkylation sites (tertiary alicyclic amines) is 1. The second-order valence-corrected chi connectivity index (χ2v) is 6.65. The molecule has 0 N–H and O–H groups in total. The molecular weight excluding hydrogens is 302 g/mol. The van der Waals surface area contributed by atoms with E-state index in [1.807, 2.05) is 10.3 Å². The maximum Gasteiger partial charge on any atom is 0.410 e. The first-order valence-electron chi connectivity index (χ1n) is 7.86. The number of amides is 2. The number of nitrogens with zero attached hydrogens (tertiary/aromatic N) is 3. The Morgan fingerprint density at radius 1 is 1.41 bits per heavy atom. The van der Waals surface area contributed by atoms with E-state index in [-0.39, 0.29) is 18.0 Å². The molecule has 120 valence electrons. The zero-order valence-electron chi connectivity index (χ0n) is 12.8. The highest BCUT2D eigenvalue weighted by Crippen LogP contribution is 2.22. The summed E-state index contributed by atoms with van der Waals surface area (Å²) in [7, 11) is 0.